The van der Waals surface area contributed by atoms with E-state index in [1.807, 2.05) is 30.3 Å². The molecule has 1 aromatic heterocycles. The van der Waals surface area contributed by atoms with Gasteiger partial charge >= 0.3 is 0 Å². The van der Waals surface area contributed by atoms with Crippen LogP contribution in [0.5, 0.6) is 0 Å². The first-order chi connectivity index (χ1) is 10.2. The van der Waals surface area contributed by atoms with Gasteiger partial charge in [0.1, 0.15) is 22.4 Å². The average Bonchev–Trinajstić information content (AvgIpc) is 2.53. The summed E-state index contributed by atoms with van der Waals surface area (Å²) in [5.41, 5.74) is 0.875. The molecule has 0 amide bonds. The maximum absolute atomic E-state index is 10.1. The lowest BCUT2D eigenvalue weighted by molar-refractivity contribution is 0.191. The van der Waals surface area contributed by atoms with Gasteiger partial charge in [-0.3, -0.25) is 0 Å². The normalized spacial score (nSPS) is 12.0. The molecular weight excluding hydrogens is 332 g/mol. The zero-order valence-corrected chi connectivity index (χ0v) is 13.5. The molecule has 21 heavy (non-hydrogen) atoms. The summed E-state index contributed by atoms with van der Waals surface area (Å²) in [6.45, 7) is 3.33. The van der Waals surface area contributed by atoms with Gasteiger partial charge in [0.2, 0.25) is 0 Å². The summed E-state index contributed by atoms with van der Waals surface area (Å²) < 4.78 is 0.777. The van der Waals surface area contributed by atoms with Crippen LogP contribution >= 0.6 is 15.9 Å². The molecule has 0 spiro atoms. The SMILES string of the molecule is CCCNc1ncnc(NCC(O)c2ccccc2)c1Br. The fourth-order valence-corrected chi connectivity index (χ4v) is 2.33. The van der Waals surface area contributed by atoms with Crippen molar-refractivity contribution in [1.82, 2.24) is 9.97 Å². The number of halogens is 1. The van der Waals surface area contributed by atoms with E-state index in [9.17, 15) is 5.11 Å². The van der Waals surface area contributed by atoms with Crippen molar-refractivity contribution in [3.05, 3.63) is 46.7 Å². The van der Waals surface area contributed by atoms with Crippen molar-refractivity contribution in [2.24, 2.45) is 0 Å². The van der Waals surface area contributed by atoms with Gasteiger partial charge in [-0.15, -0.1) is 0 Å². The van der Waals surface area contributed by atoms with Crippen LogP contribution in [0, 0.1) is 0 Å². The van der Waals surface area contributed by atoms with Crippen molar-refractivity contribution in [3.63, 3.8) is 0 Å². The van der Waals surface area contributed by atoms with Crippen molar-refractivity contribution in [2.75, 3.05) is 23.7 Å². The van der Waals surface area contributed by atoms with Crippen LogP contribution in [0.4, 0.5) is 11.6 Å². The number of aromatic nitrogens is 2. The predicted octanol–water partition coefficient (Wildman–Crippen LogP) is 3.21. The Morgan fingerprint density at radius 3 is 2.48 bits per heavy atom. The topological polar surface area (TPSA) is 70.1 Å². The van der Waals surface area contributed by atoms with Gasteiger partial charge < -0.3 is 15.7 Å². The summed E-state index contributed by atoms with van der Waals surface area (Å²) in [6, 6.07) is 9.54. The number of nitrogens with zero attached hydrogens (tertiary/aromatic N) is 2. The van der Waals surface area contributed by atoms with Crippen molar-refractivity contribution < 1.29 is 5.11 Å². The van der Waals surface area contributed by atoms with E-state index in [1.165, 1.54) is 6.33 Å². The van der Waals surface area contributed by atoms with E-state index in [-0.39, 0.29) is 0 Å². The first-order valence-electron chi connectivity index (χ1n) is 6.93. The van der Waals surface area contributed by atoms with Gasteiger partial charge in [0.25, 0.3) is 0 Å². The van der Waals surface area contributed by atoms with Crippen molar-refractivity contribution in [3.8, 4) is 0 Å². The summed E-state index contributed by atoms with van der Waals surface area (Å²) in [5, 5.41) is 16.5. The number of benzene rings is 1. The molecule has 6 heteroatoms. The molecular formula is C15H19BrN4O. The van der Waals surface area contributed by atoms with Gasteiger partial charge in [0, 0.05) is 13.1 Å². The molecule has 1 atom stereocenters. The standard InChI is InChI=1S/C15H19BrN4O/c1-2-8-17-14-13(16)15(20-10-19-14)18-9-12(21)11-6-4-3-5-7-11/h3-7,10,12,21H,2,8-9H2,1H3,(H2,17,18,19,20). The van der Waals surface area contributed by atoms with E-state index in [1.54, 1.807) is 0 Å². The van der Waals surface area contributed by atoms with E-state index in [2.05, 4.69) is 43.5 Å². The molecule has 112 valence electrons. The number of anilines is 2. The molecule has 0 aliphatic carbocycles. The van der Waals surface area contributed by atoms with Crippen molar-refractivity contribution >= 4 is 27.6 Å². The van der Waals surface area contributed by atoms with Crippen LogP contribution in [0.25, 0.3) is 0 Å². The average molecular weight is 351 g/mol. The van der Waals surface area contributed by atoms with E-state index >= 15 is 0 Å². The predicted molar refractivity (Wildman–Crippen MR) is 88.4 cm³/mol. The molecule has 3 N–H and O–H groups in total. The highest BCUT2D eigenvalue weighted by molar-refractivity contribution is 9.10. The summed E-state index contributed by atoms with van der Waals surface area (Å²) in [6.07, 6.45) is 1.94. The van der Waals surface area contributed by atoms with E-state index in [4.69, 9.17) is 0 Å². The largest absolute Gasteiger partial charge is 0.387 e. The van der Waals surface area contributed by atoms with Gasteiger partial charge in [0.15, 0.2) is 0 Å². The molecule has 0 saturated heterocycles. The Balaban J connectivity index is 2.00. The highest BCUT2D eigenvalue weighted by Gasteiger charge is 2.11. The Morgan fingerprint density at radius 1 is 1.14 bits per heavy atom. The third-order valence-corrected chi connectivity index (χ3v) is 3.73. The van der Waals surface area contributed by atoms with Gasteiger partial charge in [0.05, 0.1) is 6.10 Å². The van der Waals surface area contributed by atoms with Crippen LogP contribution in [0.3, 0.4) is 0 Å². The second-order valence-corrected chi connectivity index (χ2v) is 5.41. The monoisotopic (exact) mass is 350 g/mol. The molecule has 1 heterocycles. The van der Waals surface area contributed by atoms with E-state index in [0.29, 0.717) is 12.4 Å². The lowest BCUT2D eigenvalue weighted by Crippen LogP contribution is -2.14. The Bertz CT molecular complexity index is 565. The quantitative estimate of drug-likeness (QED) is 0.715. The van der Waals surface area contributed by atoms with Gasteiger partial charge in [-0.05, 0) is 27.9 Å². The summed E-state index contributed by atoms with van der Waals surface area (Å²) >= 11 is 3.49. The van der Waals surface area contributed by atoms with Crippen LogP contribution in [0.15, 0.2) is 41.1 Å². The van der Waals surface area contributed by atoms with E-state index < -0.39 is 6.10 Å². The molecule has 1 unspecified atom stereocenters. The molecule has 0 aliphatic heterocycles. The highest BCUT2D eigenvalue weighted by Crippen LogP contribution is 2.27. The number of nitrogens with one attached hydrogen (secondary N) is 2. The fourth-order valence-electron chi connectivity index (χ4n) is 1.85. The maximum atomic E-state index is 10.1. The van der Waals surface area contributed by atoms with Crippen LogP contribution in [-0.2, 0) is 0 Å². The third kappa shape index (κ3) is 4.41. The molecule has 1 aromatic carbocycles. The third-order valence-electron chi connectivity index (χ3n) is 2.98. The Kier molecular flexibility index (Phi) is 5.95. The summed E-state index contributed by atoms with van der Waals surface area (Å²) in [4.78, 5) is 8.38. The fraction of sp³-hybridized carbons (Fsp3) is 0.333. The van der Waals surface area contributed by atoms with Crippen molar-refractivity contribution in [1.29, 1.82) is 0 Å². The highest BCUT2D eigenvalue weighted by atomic mass is 79.9. The molecule has 0 aliphatic rings. The van der Waals surface area contributed by atoms with Crippen LogP contribution in [-0.4, -0.2) is 28.2 Å². The number of aliphatic hydroxyl groups excluding tert-OH is 1. The Morgan fingerprint density at radius 2 is 1.81 bits per heavy atom. The lowest BCUT2D eigenvalue weighted by atomic mass is 10.1. The summed E-state index contributed by atoms with van der Waals surface area (Å²) in [7, 11) is 0. The molecule has 0 radical (unpaired) electrons. The van der Waals surface area contributed by atoms with Gasteiger partial charge in [-0.2, -0.15) is 0 Å². The lowest BCUT2D eigenvalue weighted by Gasteiger charge is -2.14. The zero-order chi connectivity index (χ0) is 15.1. The summed E-state index contributed by atoms with van der Waals surface area (Å²) in [5.74, 6) is 1.42. The van der Waals surface area contributed by atoms with Crippen molar-refractivity contribution in [2.45, 2.75) is 19.4 Å². The van der Waals surface area contributed by atoms with Gasteiger partial charge in [-0.25, -0.2) is 9.97 Å². The Hall–Kier alpha value is -1.66. The van der Waals surface area contributed by atoms with Crippen LogP contribution in [0.2, 0.25) is 0 Å². The molecule has 2 rings (SSSR count). The first-order valence-corrected chi connectivity index (χ1v) is 7.73. The smallest absolute Gasteiger partial charge is 0.146 e. The second kappa shape index (κ2) is 7.95. The Labute approximate surface area is 133 Å². The number of hydrogen-bond acceptors (Lipinski definition) is 5. The minimum Gasteiger partial charge on any atom is -0.387 e. The van der Waals surface area contributed by atoms with Crippen LogP contribution in [0.1, 0.15) is 25.0 Å². The first kappa shape index (κ1) is 15.7. The maximum Gasteiger partial charge on any atom is 0.146 e. The molecule has 0 saturated carbocycles. The van der Waals surface area contributed by atoms with E-state index in [0.717, 1.165) is 28.8 Å². The minimum atomic E-state index is -0.583. The van der Waals surface area contributed by atoms with Gasteiger partial charge in [-0.1, -0.05) is 37.3 Å². The second-order valence-electron chi connectivity index (χ2n) is 4.62. The molecule has 5 nitrogen and oxygen atoms in total. The molecule has 0 bridgehead atoms. The minimum absolute atomic E-state index is 0.382. The van der Waals surface area contributed by atoms with Crippen LogP contribution < -0.4 is 10.6 Å². The molecule has 0 fully saturated rings. The molecule has 2 aromatic rings. The number of aliphatic hydroxyl groups is 1. The number of rotatable bonds is 7. The zero-order valence-electron chi connectivity index (χ0n) is 11.9. The number of hydrogen-bond donors (Lipinski definition) is 3.